The molecule has 0 fully saturated rings. The van der Waals surface area contributed by atoms with Crippen molar-refractivity contribution in [2.75, 3.05) is 11.1 Å². The molecular formula is C23H28N4O3S. The summed E-state index contributed by atoms with van der Waals surface area (Å²) in [6.07, 6.45) is 3.31. The molecule has 164 valence electrons. The third-order valence-corrected chi connectivity index (χ3v) is 6.46. The Hall–Kier alpha value is -2.87. The number of fused-ring (bicyclic) bond motifs is 1. The summed E-state index contributed by atoms with van der Waals surface area (Å²) in [7, 11) is 3.06. The number of rotatable bonds is 6. The van der Waals surface area contributed by atoms with Gasteiger partial charge in [0.25, 0.3) is 5.56 Å². The average molecular weight is 441 g/mol. The standard InChI is InChI=1S/C23H28N4O3S/c1-7-8-16-11-24-21-18(22(29)27(6)23(30)26(21)5)20(16)31-12-17(28)25-19-14(3)9-13(2)10-15(19)4/h9-11H,7-8,12H2,1-6H3,(H,25,28). The minimum absolute atomic E-state index is 0.144. The maximum Gasteiger partial charge on any atom is 0.332 e. The van der Waals surface area contributed by atoms with Crippen LogP contribution in [0.4, 0.5) is 5.69 Å². The van der Waals surface area contributed by atoms with E-state index in [1.807, 2.05) is 39.8 Å². The highest BCUT2D eigenvalue weighted by molar-refractivity contribution is 8.00. The smallest absolute Gasteiger partial charge is 0.325 e. The number of aryl methyl sites for hydroxylation is 5. The van der Waals surface area contributed by atoms with Crippen molar-refractivity contribution in [2.24, 2.45) is 14.1 Å². The van der Waals surface area contributed by atoms with Crippen molar-refractivity contribution in [1.29, 1.82) is 0 Å². The third kappa shape index (κ3) is 4.44. The lowest BCUT2D eigenvalue weighted by atomic mass is 10.1. The number of carbonyl (C=O) groups excluding carboxylic acids is 1. The Morgan fingerprint density at radius 2 is 1.74 bits per heavy atom. The van der Waals surface area contributed by atoms with Gasteiger partial charge in [-0.25, -0.2) is 9.78 Å². The molecule has 1 N–H and O–H groups in total. The average Bonchev–Trinajstić information content (AvgIpc) is 2.72. The van der Waals surface area contributed by atoms with Crippen LogP contribution >= 0.6 is 11.8 Å². The van der Waals surface area contributed by atoms with Gasteiger partial charge in [-0.1, -0.05) is 31.0 Å². The van der Waals surface area contributed by atoms with E-state index in [0.29, 0.717) is 11.0 Å². The molecule has 0 atom stereocenters. The van der Waals surface area contributed by atoms with Crippen molar-refractivity contribution >= 4 is 34.4 Å². The largest absolute Gasteiger partial charge is 0.332 e. The van der Waals surface area contributed by atoms with Crippen molar-refractivity contribution in [3.05, 3.63) is 61.4 Å². The van der Waals surface area contributed by atoms with Crippen LogP contribution in [0.2, 0.25) is 0 Å². The third-order valence-electron chi connectivity index (χ3n) is 5.30. The fourth-order valence-corrected chi connectivity index (χ4v) is 4.85. The van der Waals surface area contributed by atoms with Gasteiger partial charge in [0, 0.05) is 30.9 Å². The highest BCUT2D eigenvalue weighted by Gasteiger charge is 2.19. The fraction of sp³-hybridized carbons (Fsp3) is 0.391. The summed E-state index contributed by atoms with van der Waals surface area (Å²) in [5.41, 5.74) is 4.43. The molecule has 31 heavy (non-hydrogen) atoms. The molecule has 1 aromatic carbocycles. The molecule has 0 unspecified atom stereocenters. The molecule has 0 spiro atoms. The number of pyridine rings is 1. The highest BCUT2D eigenvalue weighted by atomic mass is 32.2. The molecule has 3 aromatic rings. The minimum Gasteiger partial charge on any atom is -0.325 e. The van der Waals surface area contributed by atoms with Crippen LogP contribution in [0.5, 0.6) is 0 Å². The van der Waals surface area contributed by atoms with Gasteiger partial charge < -0.3 is 5.32 Å². The van der Waals surface area contributed by atoms with Gasteiger partial charge in [-0.05, 0) is 43.9 Å². The molecule has 0 bridgehead atoms. The summed E-state index contributed by atoms with van der Waals surface area (Å²) in [5, 5.41) is 3.39. The molecule has 2 heterocycles. The van der Waals surface area contributed by atoms with Gasteiger partial charge in [-0.15, -0.1) is 11.8 Å². The van der Waals surface area contributed by atoms with Gasteiger partial charge in [0.2, 0.25) is 5.91 Å². The number of hydrogen-bond donors (Lipinski definition) is 1. The molecule has 3 rings (SSSR count). The summed E-state index contributed by atoms with van der Waals surface area (Å²) in [5.74, 6) is 0.00306. The molecule has 0 radical (unpaired) electrons. The zero-order chi connectivity index (χ0) is 22.9. The van der Waals surface area contributed by atoms with Gasteiger partial charge in [0.05, 0.1) is 11.1 Å². The quantitative estimate of drug-likeness (QED) is 0.595. The molecule has 7 nitrogen and oxygen atoms in total. The van der Waals surface area contributed by atoms with E-state index in [4.69, 9.17) is 0 Å². The van der Waals surface area contributed by atoms with E-state index in [9.17, 15) is 14.4 Å². The van der Waals surface area contributed by atoms with Crippen LogP contribution in [0.1, 0.15) is 35.6 Å². The molecule has 2 aromatic heterocycles. The lowest BCUT2D eigenvalue weighted by Gasteiger charge is -2.15. The SMILES string of the molecule is CCCc1cnc2c(c1SCC(=O)Nc1c(C)cc(C)cc1C)c(=O)n(C)c(=O)n2C. The first-order valence-corrected chi connectivity index (χ1v) is 11.2. The Labute approximate surface area is 185 Å². The predicted molar refractivity (Wildman–Crippen MR) is 126 cm³/mol. The molecule has 8 heteroatoms. The van der Waals surface area contributed by atoms with Crippen molar-refractivity contribution in [3.8, 4) is 0 Å². The Kier molecular flexibility index (Phi) is 6.69. The van der Waals surface area contributed by atoms with Crippen molar-refractivity contribution in [3.63, 3.8) is 0 Å². The Morgan fingerprint density at radius 1 is 1.10 bits per heavy atom. The van der Waals surface area contributed by atoms with Gasteiger partial charge in [-0.3, -0.25) is 18.7 Å². The van der Waals surface area contributed by atoms with Crippen LogP contribution in [0.15, 0.2) is 32.8 Å². The number of thioether (sulfide) groups is 1. The lowest BCUT2D eigenvalue weighted by molar-refractivity contribution is -0.113. The second-order valence-corrected chi connectivity index (χ2v) is 8.86. The number of anilines is 1. The second-order valence-electron chi connectivity index (χ2n) is 7.88. The van der Waals surface area contributed by atoms with Crippen LogP contribution in [-0.4, -0.2) is 25.8 Å². The van der Waals surface area contributed by atoms with Crippen LogP contribution in [-0.2, 0) is 25.3 Å². The maximum atomic E-state index is 12.9. The molecular weight excluding hydrogens is 412 g/mol. The van der Waals surface area contributed by atoms with Crippen LogP contribution < -0.4 is 16.6 Å². The number of benzene rings is 1. The van der Waals surface area contributed by atoms with E-state index in [-0.39, 0.29) is 11.7 Å². The van der Waals surface area contributed by atoms with Gasteiger partial charge >= 0.3 is 5.69 Å². The molecule has 1 amide bonds. The van der Waals surface area contributed by atoms with Crippen LogP contribution in [0, 0.1) is 20.8 Å². The topological polar surface area (TPSA) is 86.0 Å². The second kappa shape index (κ2) is 9.09. The lowest BCUT2D eigenvalue weighted by Crippen LogP contribution is -2.37. The van der Waals surface area contributed by atoms with Crippen LogP contribution in [0.25, 0.3) is 11.0 Å². The molecule has 0 saturated heterocycles. The van der Waals surface area contributed by atoms with E-state index in [1.165, 1.54) is 23.4 Å². The number of nitrogens with zero attached hydrogens (tertiary/aromatic N) is 3. The number of amides is 1. The zero-order valence-corrected chi connectivity index (χ0v) is 19.6. The van der Waals surface area contributed by atoms with E-state index < -0.39 is 11.2 Å². The monoisotopic (exact) mass is 440 g/mol. The molecule has 0 aliphatic rings. The van der Waals surface area contributed by atoms with Crippen molar-refractivity contribution in [2.45, 2.75) is 45.4 Å². The highest BCUT2D eigenvalue weighted by Crippen LogP contribution is 2.29. The Morgan fingerprint density at radius 3 is 2.35 bits per heavy atom. The Bertz CT molecular complexity index is 1270. The van der Waals surface area contributed by atoms with E-state index in [2.05, 4.69) is 10.3 Å². The van der Waals surface area contributed by atoms with Crippen LogP contribution in [0.3, 0.4) is 0 Å². The van der Waals surface area contributed by atoms with Gasteiger partial charge in [-0.2, -0.15) is 0 Å². The number of aromatic nitrogens is 3. The molecule has 0 saturated carbocycles. The summed E-state index contributed by atoms with van der Waals surface area (Å²) in [4.78, 5) is 43.1. The van der Waals surface area contributed by atoms with Gasteiger partial charge in [0.15, 0.2) is 0 Å². The van der Waals surface area contributed by atoms with Crippen molar-refractivity contribution < 1.29 is 4.79 Å². The maximum absolute atomic E-state index is 12.9. The summed E-state index contributed by atoms with van der Waals surface area (Å²) < 4.78 is 2.46. The zero-order valence-electron chi connectivity index (χ0n) is 18.8. The fourth-order valence-electron chi connectivity index (χ4n) is 3.84. The summed E-state index contributed by atoms with van der Waals surface area (Å²) in [6.45, 7) is 8.03. The first-order valence-electron chi connectivity index (χ1n) is 10.2. The predicted octanol–water partition coefficient (Wildman–Crippen LogP) is 3.24. The Balaban J connectivity index is 1.99. The minimum atomic E-state index is -0.424. The number of nitrogens with one attached hydrogen (secondary N) is 1. The van der Waals surface area contributed by atoms with E-state index in [0.717, 1.165) is 50.2 Å². The first-order chi connectivity index (χ1) is 14.6. The number of carbonyl (C=O) groups is 1. The summed E-state index contributed by atoms with van der Waals surface area (Å²) >= 11 is 1.32. The summed E-state index contributed by atoms with van der Waals surface area (Å²) in [6, 6.07) is 4.07. The van der Waals surface area contributed by atoms with Gasteiger partial charge in [0.1, 0.15) is 5.65 Å². The molecule has 0 aliphatic carbocycles. The van der Waals surface area contributed by atoms with E-state index >= 15 is 0 Å². The number of hydrogen-bond acceptors (Lipinski definition) is 5. The van der Waals surface area contributed by atoms with Crippen molar-refractivity contribution in [1.82, 2.24) is 14.1 Å². The normalized spacial score (nSPS) is 11.2. The van der Waals surface area contributed by atoms with E-state index in [1.54, 1.807) is 13.2 Å². The molecule has 0 aliphatic heterocycles. The first kappa shape index (κ1) is 22.8.